The summed E-state index contributed by atoms with van der Waals surface area (Å²) in [6, 6.07) is 16.5. The van der Waals surface area contributed by atoms with Gasteiger partial charge in [-0.2, -0.15) is 4.98 Å². The van der Waals surface area contributed by atoms with Crippen molar-refractivity contribution in [3.63, 3.8) is 0 Å². The van der Waals surface area contributed by atoms with E-state index in [1.807, 2.05) is 24.3 Å². The molecule has 2 aromatic carbocycles. The van der Waals surface area contributed by atoms with Crippen molar-refractivity contribution in [2.45, 2.75) is 6.92 Å². The van der Waals surface area contributed by atoms with E-state index in [0.29, 0.717) is 5.95 Å². The first-order valence-corrected chi connectivity index (χ1v) is 8.47. The van der Waals surface area contributed by atoms with Gasteiger partial charge in [-0.25, -0.2) is 0 Å². The Morgan fingerprint density at radius 2 is 1.72 bits per heavy atom. The number of aryl methyl sites for hydroxylation is 1. The van der Waals surface area contributed by atoms with Crippen molar-refractivity contribution in [3.8, 4) is 11.4 Å². The van der Waals surface area contributed by atoms with Crippen LogP contribution in [0.3, 0.4) is 0 Å². The Morgan fingerprint density at radius 1 is 1.00 bits per heavy atom. The number of nitrogens with one attached hydrogen (secondary N) is 2. The van der Waals surface area contributed by atoms with Crippen molar-refractivity contribution in [1.29, 1.82) is 0 Å². The number of H-pyrrole nitrogens is 1. The largest absolute Gasteiger partial charge is 0.378 e. The van der Waals surface area contributed by atoms with Gasteiger partial charge in [0.05, 0.1) is 13.2 Å². The predicted molar refractivity (Wildman–Crippen MR) is 99.3 cm³/mol. The molecule has 1 aromatic heterocycles. The van der Waals surface area contributed by atoms with Gasteiger partial charge >= 0.3 is 0 Å². The third-order valence-corrected chi connectivity index (χ3v) is 4.31. The first-order valence-electron chi connectivity index (χ1n) is 8.47. The number of anilines is 3. The van der Waals surface area contributed by atoms with E-state index in [-0.39, 0.29) is 0 Å². The van der Waals surface area contributed by atoms with Crippen LogP contribution in [0.4, 0.5) is 17.3 Å². The van der Waals surface area contributed by atoms with Gasteiger partial charge in [0.25, 0.3) is 0 Å². The number of morpholine rings is 1. The summed E-state index contributed by atoms with van der Waals surface area (Å²) in [5.41, 5.74) is 4.42. The van der Waals surface area contributed by atoms with Crippen molar-refractivity contribution in [2.24, 2.45) is 0 Å². The van der Waals surface area contributed by atoms with Gasteiger partial charge in [-0.1, -0.05) is 29.8 Å². The van der Waals surface area contributed by atoms with Gasteiger partial charge in [-0.3, -0.25) is 5.10 Å². The number of rotatable bonds is 4. The number of aromatic nitrogens is 3. The van der Waals surface area contributed by atoms with E-state index in [2.05, 4.69) is 56.6 Å². The van der Waals surface area contributed by atoms with E-state index in [0.717, 1.165) is 43.4 Å². The molecule has 2 heterocycles. The van der Waals surface area contributed by atoms with Gasteiger partial charge in [0.2, 0.25) is 5.95 Å². The standard InChI is InChI=1S/C19H21N5O/c1-14-2-4-15(5-3-14)18-21-19(23-22-18)20-16-6-8-17(9-7-16)24-10-12-25-13-11-24/h2-9H,10-13H2,1H3,(H2,20,21,22,23). The zero-order valence-corrected chi connectivity index (χ0v) is 14.2. The normalized spacial score (nSPS) is 14.5. The fourth-order valence-electron chi connectivity index (χ4n) is 2.86. The lowest BCUT2D eigenvalue weighted by Crippen LogP contribution is -2.36. The topological polar surface area (TPSA) is 66.1 Å². The van der Waals surface area contributed by atoms with Crippen LogP contribution < -0.4 is 10.2 Å². The predicted octanol–water partition coefficient (Wildman–Crippen LogP) is 3.36. The van der Waals surface area contributed by atoms with Crippen molar-refractivity contribution in [2.75, 3.05) is 36.5 Å². The Morgan fingerprint density at radius 3 is 2.44 bits per heavy atom. The number of hydrogen-bond donors (Lipinski definition) is 2. The smallest absolute Gasteiger partial charge is 0.246 e. The minimum Gasteiger partial charge on any atom is -0.378 e. The number of benzene rings is 2. The molecule has 0 bridgehead atoms. The summed E-state index contributed by atoms with van der Waals surface area (Å²) in [5, 5.41) is 10.5. The molecule has 2 N–H and O–H groups in total. The lowest BCUT2D eigenvalue weighted by Gasteiger charge is -2.28. The molecule has 1 fully saturated rings. The van der Waals surface area contributed by atoms with Crippen LogP contribution in [0.1, 0.15) is 5.56 Å². The van der Waals surface area contributed by atoms with Crippen molar-refractivity contribution in [3.05, 3.63) is 54.1 Å². The molecule has 0 atom stereocenters. The van der Waals surface area contributed by atoms with Crippen molar-refractivity contribution in [1.82, 2.24) is 15.2 Å². The van der Waals surface area contributed by atoms with Crippen LogP contribution >= 0.6 is 0 Å². The lowest BCUT2D eigenvalue weighted by atomic mass is 10.1. The molecule has 0 aliphatic carbocycles. The van der Waals surface area contributed by atoms with Crippen LogP contribution in [0.25, 0.3) is 11.4 Å². The third kappa shape index (κ3) is 3.64. The van der Waals surface area contributed by atoms with Crippen molar-refractivity contribution < 1.29 is 4.74 Å². The number of aromatic amines is 1. The van der Waals surface area contributed by atoms with E-state index in [9.17, 15) is 0 Å². The quantitative estimate of drug-likeness (QED) is 0.765. The molecule has 6 heteroatoms. The summed E-state index contributed by atoms with van der Waals surface area (Å²) in [5.74, 6) is 1.32. The molecule has 128 valence electrons. The zero-order valence-electron chi connectivity index (χ0n) is 14.2. The first-order chi connectivity index (χ1) is 12.3. The maximum absolute atomic E-state index is 5.40. The second-order valence-corrected chi connectivity index (χ2v) is 6.14. The van der Waals surface area contributed by atoms with Crippen LogP contribution in [0.15, 0.2) is 48.5 Å². The third-order valence-electron chi connectivity index (χ3n) is 4.31. The Bertz CT molecular complexity index is 820. The van der Waals surface area contributed by atoms with Gasteiger partial charge in [0, 0.05) is 30.0 Å². The molecule has 0 unspecified atom stereocenters. The molecule has 0 saturated carbocycles. The fraction of sp³-hybridized carbons (Fsp3) is 0.263. The Labute approximate surface area is 146 Å². The molecular formula is C19H21N5O. The van der Waals surface area contributed by atoms with E-state index < -0.39 is 0 Å². The average molecular weight is 335 g/mol. The first kappa shape index (κ1) is 15.7. The molecule has 1 saturated heterocycles. The van der Waals surface area contributed by atoms with Gasteiger partial charge in [0.15, 0.2) is 5.82 Å². The molecule has 1 aliphatic rings. The Kier molecular flexibility index (Phi) is 4.35. The summed E-state index contributed by atoms with van der Waals surface area (Å²) >= 11 is 0. The SMILES string of the molecule is Cc1ccc(-c2nc(Nc3ccc(N4CCOCC4)cc3)n[nH]2)cc1. The van der Waals surface area contributed by atoms with Crippen LogP contribution in [0.5, 0.6) is 0 Å². The molecule has 0 amide bonds. The van der Waals surface area contributed by atoms with Gasteiger partial charge in [0.1, 0.15) is 0 Å². The summed E-state index contributed by atoms with van der Waals surface area (Å²) in [6.45, 7) is 5.52. The summed E-state index contributed by atoms with van der Waals surface area (Å²) < 4.78 is 5.40. The molecule has 25 heavy (non-hydrogen) atoms. The Balaban J connectivity index is 1.44. The number of nitrogens with zero attached hydrogens (tertiary/aromatic N) is 3. The second kappa shape index (κ2) is 6.94. The van der Waals surface area contributed by atoms with E-state index >= 15 is 0 Å². The highest BCUT2D eigenvalue weighted by atomic mass is 16.5. The molecule has 6 nitrogen and oxygen atoms in total. The maximum Gasteiger partial charge on any atom is 0.246 e. The van der Waals surface area contributed by atoms with Gasteiger partial charge < -0.3 is 15.0 Å². The minimum absolute atomic E-state index is 0.565. The van der Waals surface area contributed by atoms with Crippen molar-refractivity contribution >= 4 is 17.3 Å². The summed E-state index contributed by atoms with van der Waals surface area (Å²) in [4.78, 5) is 6.84. The highest BCUT2D eigenvalue weighted by Crippen LogP contribution is 2.22. The molecule has 4 rings (SSSR count). The second-order valence-electron chi connectivity index (χ2n) is 6.14. The van der Waals surface area contributed by atoms with Crippen LogP contribution in [0, 0.1) is 6.92 Å². The summed E-state index contributed by atoms with van der Waals surface area (Å²) in [7, 11) is 0. The maximum atomic E-state index is 5.40. The fourth-order valence-corrected chi connectivity index (χ4v) is 2.86. The van der Waals surface area contributed by atoms with E-state index in [4.69, 9.17) is 4.74 Å². The Hall–Kier alpha value is -2.86. The average Bonchev–Trinajstić information content (AvgIpc) is 3.12. The van der Waals surface area contributed by atoms with Crippen LogP contribution in [-0.2, 0) is 4.74 Å². The van der Waals surface area contributed by atoms with E-state index in [1.165, 1.54) is 11.3 Å². The summed E-state index contributed by atoms with van der Waals surface area (Å²) in [6.07, 6.45) is 0. The van der Waals surface area contributed by atoms with Gasteiger partial charge in [-0.15, -0.1) is 5.10 Å². The van der Waals surface area contributed by atoms with E-state index in [1.54, 1.807) is 0 Å². The highest BCUT2D eigenvalue weighted by Gasteiger charge is 2.11. The van der Waals surface area contributed by atoms with Gasteiger partial charge in [-0.05, 0) is 31.2 Å². The lowest BCUT2D eigenvalue weighted by molar-refractivity contribution is 0.122. The molecule has 3 aromatic rings. The monoisotopic (exact) mass is 335 g/mol. The molecule has 1 aliphatic heterocycles. The molecule has 0 radical (unpaired) electrons. The van der Waals surface area contributed by atoms with Crippen LogP contribution in [0.2, 0.25) is 0 Å². The molecule has 0 spiro atoms. The molecular weight excluding hydrogens is 314 g/mol. The highest BCUT2D eigenvalue weighted by molar-refractivity contribution is 5.62. The minimum atomic E-state index is 0.565. The number of hydrogen-bond acceptors (Lipinski definition) is 5. The van der Waals surface area contributed by atoms with Crippen LogP contribution in [-0.4, -0.2) is 41.5 Å². The zero-order chi connectivity index (χ0) is 17.1. The number of ether oxygens (including phenoxy) is 1.